The fourth-order valence-electron chi connectivity index (χ4n) is 8.79. The van der Waals surface area contributed by atoms with E-state index in [1.807, 2.05) is 0 Å². The van der Waals surface area contributed by atoms with Crippen LogP contribution in [0.1, 0.15) is 85.0 Å². The summed E-state index contributed by atoms with van der Waals surface area (Å²) in [4.78, 5) is 0. The van der Waals surface area contributed by atoms with Crippen molar-refractivity contribution >= 4 is 0 Å². The molecule has 0 heterocycles. The molecule has 10 atom stereocenters. The molecule has 156 valence electrons. The highest BCUT2D eigenvalue weighted by Gasteiger charge is 2.62. The van der Waals surface area contributed by atoms with E-state index in [0.29, 0.717) is 47.0 Å². The monoisotopic (exact) mass is 378 g/mol. The number of fused-ring (bicyclic) bond motifs is 5. The molecule has 0 aromatic carbocycles. The minimum Gasteiger partial charge on any atom is -0.396 e. The van der Waals surface area contributed by atoms with Crippen molar-refractivity contribution in [3.05, 3.63) is 0 Å². The van der Waals surface area contributed by atoms with Crippen molar-refractivity contribution in [2.75, 3.05) is 6.61 Å². The van der Waals surface area contributed by atoms with Gasteiger partial charge >= 0.3 is 0 Å². The first kappa shape index (κ1) is 20.2. The fraction of sp³-hybridized carbons (Fsp3) is 1.00. The Labute approximate surface area is 165 Å². The maximum absolute atomic E-state index is 11.3. The summed E-state index contributed by atoms with van der Waals surface area (Å²) in [5, 5.41) is 30.7. The molecular weight excluding hydrogens is 336 g/mol. The van der Waals surface area contributed by atoms with Gasteiger partial charge in [-0.3, -0.25) is 0 Å². The second-order valence-electron chi connectivity index (χ2n) is 11.3. The lowest BCUT2D eigenvalue weighted by atomic mass is 9.43. The average Bonchev–Trinajstić information content (AvgIpc) is 2.98. The minimum atomic E-state index is -0.172. The molecule has 3 unspecified atom stereocenters. The highest BCUT2D eigenvalue weighted by Crippen LogP contribution is 2.68. The summed E-state index contributed by atoms with van der Waals surface area (Å²) in [5.74, 6) is 3.71. The van der Waals surface area contributed by atoms with Crippen molar-refractivity contribution in [1.82, 2.24) is 0 Å². The number of hydrogen-bond acceptors (Lipinski definition) is 3. The molecule has 0 aromatic heterocycles. The molecule has 0 saturated heterocycles. The van der Waals surface area contributed by atoms with E-state index in [4.69, 9.17) is 0 Å². The number of aliphatic hydroxyl groups excluding tert-OH is 3. The molecule has 0 aliphatic heterocycles. The van der Waals surface area contributed by atoms with Gasteiger partial charge in [-0.1, -0.05) is 20.8 Å². The van der Waals surface area contributed by atoms with E-state index in [0.717, 1.165) is 44.4 Å². The van der Waals surface area contributed by atoms with Crippen molar-refractivity contribution in [3.63, 3.8) is 0 Å². The third kappa shape index (κ3) is 3.11. The Morgan fingerprint density at radius 2 is 1.63 bits per heavy atom. The van der Waals surface area contributed by atoms with Crippen molar-refractivity contribution in [1.29, 1.82) is 0 Å². The van der Waals surface area contributed by atoms with Crippen LogP contribution in [0.3, 0.4) is 0 Å². The van der Waals surface area contributed by atoms with Gasteiger partial charge in [0.25, 0.3) is 0 Å². The zero-order chi connectivity index (χ0) is 19.4. The molecule has 4 rings (SSSR count). The first-order chi connectivity index (χ1) is 12.8. The molecular formula is C24H42O3. The summed E-state index contributed by atoms with van der Waals surface area (Å²) in [6.07, 6.45) is 10.8. The Morgan fingerprint density at radius 1 is 0.926 bits per heavy atom. The maximum atomic E-state index is 11.3. The van der Waals surface area contributed by atoms with Crippen LogP contribution < -0.4 is 0 Å². The Kier molecular flexibility index (Phi) is 5.44. The Hall–Kier alpha value is -0.120. The molecule has 0 spiro atoms. The van der Waals surface area contributed by atoms with Gasteiger partial charge in [0.2, 0.25) is 0 Å². The molecule has 0 radical (unpaired) electrons. The number of rotatable bonds is 4. The molecule has 4 aliphatic carbocycles. The molecule has 0 amide bonds. The van der Waals surface area contributed by atoms with Gasteiger partial charge in [0.15, 0.2) is 0 Å². The number of hydrogen-bond donors (Lipinski definition) is 3. The second kappa shape index (κ2) is 7.29. The van der Waals surface area contributed by atoms with Crippen LogP contribution in [0.2, 0.25) is 0 Å². The van der Waals surface area contributed by atoms with Crippen LogP contribution in [0.25, 0.3) is 0 Å². The van der Waals surface area contributed by atoms with Gasteiger partial charge < -0.3 is 15.3 Å². The van der Waals surface area contributed by atoms with Gasteiger partial charge in [0, 0.05) is 6.61 Å². The lowest BCUT2D eigenvalue weighted by Gasteiger charge is -2.62. The zero-order valence-corrected chi connectivity index (χ0v) is 17.7. The third-order valence-corrected chi connectivity index (χ3v) is 10.2. The summed E-state index contributed by atoms with van der Waals surface area (Å²) in [6, 6.07) is 0. The van der Waals surface area contributed by atoms with E-state index >= 15 is 0 Å². The van der Waals surface area contributed by atoms with Crippen LogP contribution >= 0.6 is 0 Å². The molecule has 3 N–H and O–H groups in total. The van der Waals surface area contributed by atoms with Crippen LogP contribution in [-0.4, -0.2) is 34.1 Å². The molecule has 27 heavy (non-hydrogen) atoms. The van der Waals surface area contributed by atoms with E-state index in [1.54, 1.807) is 0 Å². The minimum absolute atomic E-state index is 0.149. The predicted octanol–water partition coefficient (Wildman–Crippen LogP) is 4.39. The third-order valence-electron chi connectivity index (χ3n) is 10.2. The summed E-state index contributed by atoms with van der Waals surface area (Å²) in [5.41, 5.74) is 0.694. The van der Waals surface area contributed by atoms with Crippen LogP contribution in [0, 0.1) is 46.3 Å². The smallest absolute Gasteiger partial charge is 0.0577 e. The van der Waals surface area contributed by atoms with E-state index in [1.165, 1.54) is 25.7 Å². The SMILES string of the molecule is C[C@H](CCCO)[C@H]1CC[C@H]2[C@@H]3C(O)CC4CC(O)CC[C@]4(C)[C@H]3CC[C@]12C. The molecule has 3 nitrogen and oxygen atoms in total. The normalized spacial score (nSPS) is 53.3. The van der Waals surface area contributed by atoms with E-state index in [9.17, 15) is 15.3 Å². The van der Waals surface area contributed by atoms with Crippen molar-refractivity contribution in [2.24, 2.45) is 46.3 Å². The lowest BCUT2D eigenvalue weighted by Crippen LogP contribution is -2.58. The predicted molar refractivity (Wildman–Crippen MR) is 108 cm³/mol. The van der Waals surface area contributed by atoms with Gasteiger partial charge in [-0.05, 0) is 111 Å². The highest BCUT2D eigenvalue weighted by atomic mass is 16.3. The van der Waals surface area contributed by atoms with E-state index < -0.39 is 0 Å². The Morgan fingerprint density at radius 3 is 2.37 bits per heavy atom. The van der Waals surface area contributed by atoms with Crippen LogP contribution in [0.15, 0.2) is 0 Å². The first-order valence-electron chi connectivity index (χ1n) is 11.8. The standard InChI is InChI=1S/C24H42O3/c1-15(5-4-12-25)18-6-7-19-22-20(9-11-24(18,19)3)23(2)10-8-17(26)13-16(23)14-21(22)27/h15-22,25-27H,4-14H2,1-3H3/t15-,16?,17?,18-,19+,20+,21?,22+,23+,24-/m1/s1. The van der Waals surface area contributed by atoms with E-state index in [2.05, 4.69) is 20.8 Å². The molecule has 4 fully saturated rings. The summed E-state index contributed by atoms with van der Waals surface area (Å²) >= 11 is 0. The Balaban J connectivity index is 1.57. The van der Waals surface area contributed by atoms with Gasteiger partial charge in [-0.2, -0.15) is 0 Å². The summed E-state index contributed by atoms with van der Waals surface area (Å²) in [6.45, 7) is 7.74. The van der Waals surface area contributed by atoms with Crippen molar-refractivity contribution in [3.8, 4) is 0 Å². The lowest BCUT2D eigenvalue weighted by molar-refractivity contribution is -0.174. The zero-order valence-electron chi connectivity index (χ0n) is 17.7. The van der Waals surface area contributed by atoms with Gasteiger partial charge in [0.1, 0.15) is 0 Å². The summed E-state index contributed by atoms with van der Waals surface area (Å²) in [7, 11) is 0. The largest absolute Gasteiger partial charge is 0.396 e. The molecule has 4 saturated carbocycles. The quantitative estimate of drug-likeness (QED) is 0.680. The highest BCUT2D eigenvalue weighted by molar-refractivity contribution is 5.11. The van der Waals surface area contributed by atoms with Crippen molar-refractivity contribution in [2.45, 2.75) is 97.2 Å². The fourth-order valence-corrected chi connectivity index (χ4v) is 8.79. The first-order valence-corrected chi connectivity index (χ1v) is 11.8. The Bertz CT molecular complexity index is 536. The average molecular weight is 379 g/mol. The van der Waals surface area contributed by atoms with Gasteiger partial charge in [0.05, 0.1) is 12.2 Å². The number of aliphatic hydroxyl groups is 3. The van der Waals surface area contributed by atoms with Crippen LogP contribution in [-0.2, 0) is 0 Å². The molecule has 3 heteroatoms. The van der Waals surface area contributed by atoms with E-state index in [-0.39, 0.29) is 12.2 Å². The van der Waals surface area contributed by atoms with Crippen LogP contribution in [0.4, 0.5) is 0 Å². The maximum Gasteiger partial charge on any atom is 0.0577 e. The van der Waals surface area contributed by atoms with Gasteiger partial charge in [-0.25, -0.2) is 0 Å². The van der Waals surface area contributed by atoms with Gasteiger partial charge in [-0.15, -0.1) is 0 Å². The second-order valence-corrected chi connectivity index (χ2v) is 11.3. The molecule has 0 aromatic rings. The molecule has 0 bridgehead atoms. The molecule has 4 aliphatic rings. The topological polar surface area (TPSA) is 60.7 Å². The van der Waals surface area contributed by atoms with Crippen LogP contribution in [0.5, 0.6) is 0 Å². The summed E-state index contributed by atoms with van der Waals surface area (Å²) < 4.78 is 0. The van der Waals surface area contributed by atoms with Crippen molar-refractivity contribution < 1.29 is 15.3 Å².